The Morgan fingerprint density at radius 1 is 0.538 bits per heavy atom. The molecule has 0 bridgehead atoms. The average Bonchev–Trinajstić information content (AvgIpc) is 3.28. The van der Waals surface area contributed by atoms with E-state index in [4.69, 9.17) is 9.05 Å². The van der Waals surface area contributed by atoms with Crippen LogP contribution >= 0.6 is 7.82 Å². The highest BCUT2D eigenvalue weighted by molar-refractivity contribution is 7.47. The largest absolute Gasteiger partial charge is 0.472 e. The van der Waals surface area contributed by atoms with Crippen molar-refractivity contribution in [3.63, 3.8) is 0 Å². The lowest BCUT2D eigenvalue weighted by atomic mass is 9.85. The van der Waals surface area contributed by atoms with Crippen molar-refractivity contribution in [1.82, 2.24) is 5.32 Å². The van der Waals surface area contributed by atoms with Crippen LogP contribution in [-0.4, -0.2) is 108 Å². The Morgan fingerprint density at radius 3 is 1.35 bits per heavy atom. The maximum absolute atomic E-state index is 13.0. The zero-order chi connectivity index (χ0) is 48.0. The lowest BCUT2D eigenvalue weighted by Crippen LogP contribution is -2.64. The smallest absolute Gasteiger partial charge is 0.393 e. The lowest BCUT2D eigenvalue weighted by Gasteiger charge is -2.41. The molecule has 65 heavy (non-hydrogen) atoms. The molecule has 1 rings (SSSR count). The fraction of sp³-hybridized carbons (Fsp3) is 0.863. The average molecular weight is 946 g/mol. The number of phosphoric acid groups is 1. The Morgan fingerprint density at radius 2 is 0.908 bits per heavy atom. The van der Waals surface area contributed by atoms with Gasteiger partial charge in [-0.2, -0.15) is 0 Å². The van der Waals surface area contributed by atoms with Gasteiger partial charge in [0.1, 0.15) is 36.6 Å². The first-order valence-electron chi connectivity index (χ1n) is 26.0. The van der Waals surface area contributed by atoms with Crippen LogP contribution in [0.3, 0.4) is 0 Å². The van der Waals surface area contributed by atoms with Crippen LogP contribution in [0.4, 0.5) is 0 Å². The predicted molar refractivity (Wildman–Crippen MR) is 261 cm³/mol. The number of unbranched alkanes of at least 4 members (excludes halogenated alkanes) is 26. The molecule has 9 N–H and O–H groups in total. The van der Waals surface area contributed by atoms with Crippen molar-refractivity contribution in [1.29, 1.82) is 0 Å². The molecule has 1 saturated carbocycles. The fourth-order valence-corrected chi connectivity index (χ4v) is 9.16. The number of carbonyl (C=O) groups is 1. The molecule has 8 atom stereocenters. The summed E-state index contributed by atoms with van der Waals surface area (Å²) < 4.78 is 22.9. The molecule has 1 fully saturated rings. The third-order valence-electron chi connectivity index (χ3n) is 12.4. The standard InChI is InChI=1S/C51H96NO12P/c1-3-5-7-9-11-13-15-17-19-20-21-22-23-25-27-29-31-33-35-37-39-44(54)43(41-63-65(61,62)64-51-49(59)47(57)46(56)48(58)50(51)60)52-45(55)40-42(53)38-36-34-32-30-28-26-24-18-16-14-12-10-8-6-4-2/h18,24,29,31,37,39,42-44,46-51,53-54,56-60H,3-17,19-23,25-28,30,32-36,38,40-41H2,1-2H3,(H,52,55)(H,61,62)/b24-18-,31-29+,39-37+. The molecule has 1 amide bonds. The summed E-state index contributed by atoms with van der Waals surface area (Å²) in [6.45, 7) is 3.74. The van der Waals surface area contributed by atoms with Crippen LogP contribution < -0.4 is 5.32 Å². The molecule has 0 heterocycles. The van der Waals surface area contributed by atoms with E-state index in [-0.39, 0.29) is 6.42 Å². The number of amides is 1. The van der Waals surface area contributed by atoms with Gasteiger partial charge in [-0.1, -0.05) is 192 Å². The minimum Gasteiger partial charge on any atom is -0.393 e. The molecule has 382 valence electrons. The van der Waals surface area contributed by atoms with Gasteiger partial charge < -0.3 is 46.0 Å². The van der Waals surface area contributed by atoms with Crippen LogP contribution in [0.2, 0.25) is 0 Å². The topological polar surface area (TPSA) is 226 Å². The van der Waals surface area contributed by atoms with E-state index in [0.29, 0.717) is 12.8 Å². The molecule has 0 aromatic carbocycles. The lowest BCUT2D eigenvalue weighted by molar-refractivity contribution is -0.220. The molecule has 14 heteroatoms. The third-order valence-corrected chi connectivity index (χ3v) is 13.4. The van der Waals surface area contributed by atoms with E-state index in [9.17, 15) is 50.0 Å². The molecule has 0 aromatic rings. The molecule has 0 aliphatic heterocycles. The van der Waals surface area contributed by atoms with Crippen molar-refractivity contribution in [2.75, 3.05) is 6.61 Å². The zero-order valence-corrected chi connectivity index (χ0v) is 41.5. The minimum absolute atomic E-state index is 0.258. The Kier molecular flexibility index (Phi) is 38.3. The summed E-state index contributed by atoms with van der Waals surface area (Å²) in [5.74, 6) is -0.607. The highest BCUT2D eigenvalue weighted by Crippen LogP contribution is 2.47. The van der Waals surface area contributed by atoms with Crippen molar-refractivity contribution in [3.05, 3.63) is 36.5 Å². The summed E-state index contributed by atoms with van der Waals surface area (Å²) >= 11 is 0. The number of carbonyl (C=O) groups excluding carboxylic acids is 1. The van der Waals surface area contributed by atoms with E-state index in [1.54, 1.807) is 6.08 Å². The number of aliphatic hydroxyl groups is 7. The monoisotopic (exact) mass is 946 g/mol. The molecule has 0 aromatic heterocycles. The summed E-state index contributed by atoms with van der Waals surface area (Å²) in [4.78, 5) is 23.5. The first-order chi connectivity index (χ1) is 31.3. The molecule has 1 aliphatic rings. The van der Waals surface area contributed by atoms with Gasteiger partial charge in [0.2, 0.25) is 5.91 Å². The van der Waals surface area contributed by atoms with E-state index in [2.05, 4.69) is 43.5 Å². The number of aliphatic hydroxyl groups excluding tert-OH is 7. The van der Waals surface area contributed by atoms with Crippen molar-refractivity contribution in [3.8, 4) is 0 Å². The number of hydrogen-bond acceptors (Lipinski definition) is 11. The van der Waals surface area contributed by atoms with Gasteiger partial charge in [-0.15, -0.1) is 0 Å². The van der Waals surface area contributed by atoms with E-state index in [1.165, 1.54) is 128 Å². The third kappa shape index (κ3) is 32.1. The second kappa shape index (κ2) is 40.4. The van der Waals surface area contributed by atoms with Crippen LogP contribution in [0.5, 0.6) is 0 Å². The predicted octanol–water partition coefficient (Wildman–Crippen LogP) is 9.70. The van der Waals surface area contributed by atoms with Gasteiger partial charge in [-0.05, 0) is 57.8 Å². The number of hydrogen-bond donors (Lipinski definition) is 9. The van der Waals surface area contributed by atoms with Crippen LogP contribution in [0.1, 0.15) is 219 Å². The molecule has 0 radical (unpaired) electrons. The maximum Gasteiger partial charge on any atom is 0.472 e. The van der Waals surface area contributed by atoms with Gasteiger partial charge in [0.25, 0.3) is 0 Å². The van der Waals surface area contributed by atoms with Crippen molar-refractivity contribution < 1.29 is 59.0 Å². The van der Waals surface area contributed by atoms with Crippen molar-refractivity contribution in [2.45, 2.75) is 274 Å². The second-order valence-corrected chi connectivity index (χ2v) is 20.0. The van der Waals surface area contributed by atoms with Crippen LogP contribution in [-0.2, 0) is 18.4 Å². The van der Waals surface area contributed by atoms with Crippen LogP contribution in [0.15, 0.2) is 36.5 Å². The number of nitrogens with one attached hydrogen (secondary N) is 1. The van der Waals surface area contributed by atoms with E-state index in [0.717, 1.165) is 64.2 Å². The first-order valence-corrected chi connectivity index (χ1v) is 27.5. The van der Waals surface area contributed by atoms with Crippen LogP contribution in [0, 0.1) is 0 Å². The van der Waals surface area contributed by atoms with Gasteiger partial charge in [-0.25, -0.2) is 4.57 Å². The summed E-state index contributed by atoms with van der Waals surface area (Å²) in [6.07, 6.45) is 33.7. The SMILES string of the molecule is CCCCCCCC/C=C\CCCCCCCC(O)CC(=O)NC(COP(=O)(O)OC1C(O)C(O)C(O)C(O)C1O)C(O)/C=C/CC/C=C/CCCCCCCCCCCCCCCC. The Bertz CT molecular complexity index is 1250. The first kappa shape index (κ1) is 61.5. The van der Waals surface area contributed by atoms with Gasteiger partial charge in [0.05, 0.1) is 31.3 Å². The Labute approximate surface area is 394 Å². The summed E-state index contributed by atoms with van der Waals surface area (Å²) in [6, 6.07) is -1.26. The highest BCUT2D eigenvalue weighted by atomic mass is 31.2. The van der Waals surface area contributed by atoms with E-state index >= 15 is 0 Å². The Hall–Kier alpha value is -1.48. The Balaban J connectivity index is 2.52. The van der Waals surface area contributed by atoms with Gasteiger partial charge in [-0.3, -0.25) is 13.8 Å². The summed E-state index contributed by atoms with van der Waals surface area (Å²) in [5.41, 5.74) is 0. The molecule has 13 nitrogen and oxygen atoms in total. The molecule has 0 saturated heterocycles. The van der Waals surface area contributed by atoms with Crippen molar-refractivity contribution in [2.24, 2.45) is 0 Å². The number of phosphoric ester groups is 1. The maximum atomic E-state index is 13.0. The molecule has 0 spiro atoms. The normalized spacial score (nSPS) is 22.8. The highest BCUT2D eigenvalue weighted by Gasteiger charge is 2.51. The van der Waals surface area contributed by atoms with E-state index in [1.807, 2.05) is 0 Å². The molecule has 1 aliphatic carbocycles. The quantitative estimate of drug-likeness (QED) is 0.0158. The van der Waals surface area contributed by atoms with Gasteiger partial charge in [0, 0.05) is 0 Å². The second-order valence-electron chi connectivity index (χ2n) is 18.5. The number of allylic oxidation sites excluding steroid dienone is 5. The zero-order valence-electron chi connectivity index (χ0n) is 40.7. The molecular formula is C51H96NO12P. The van der Waals surface area contributed by atoms with Crippen LogP contribution in [0.25, 0.3) is 0 Å². The van der Waals surface area contributed by atoms with E-state index < -0.39 is 75.2 Å². The molecule has 8 unspecified atom stereocenters. The van der Waals surface area contributed by atoms with Gasteiger partial charge in [0.15, 0.2) is 0 Å². The minimum atomic E-state index is -5.15. The molecular weight excluding hydrogens is 850 g/mol. The summed E-state index contributed by atoms with van der Waals surface area (Å²) in [7, 11) is -5.15. The summed E-state index contributed by atoms with van der Waals surface area (Å²) in [5, 5.41) is 74.6. The number of rotatable bonds is 43. The van der Waals surface area contributed by atoms with Crippen molar-refractivity contribution >= 4 is 13.7 Å². The fourth-order valence-electron chi connectivity index (χ4n) is 8.19. The van der Waals surface area contributed by atoms with Gasteiger partial charge >= 0.3 is 7.82 Å².